The van der Waals surface area contributed by atoms with E-state index < -0.39 is 0 Å². The van der Waals surface area contributed by atoms with Crippen molar-refractivity contribution < 1.29 is 0 Å². The minimum Gasteiger partial charge on any atom is -0.114 e. The zero-order valence-electron chi connectivity index (χ0n) is 8.31. The average molecular weight is 302 g/mol. The summed E-state index contributed by atoms with van der Waals surface area (Å²) < 4.78 is 0. The van der Waals surface area contributed by atoms with Crippen molar-refractivity contribution in [3.8, 4) is 0 Å². The molecule has 0 spiro atoms. The average Bonchev–Trinajstić information content (AvgIpc) is 2.05. The fraction of sp³-hybridized carbons (Fsp3) is 1.00. The summed E-state index contributed by atoms with van der Waals surface area (Å²) in [6, 6.07) is 0. The smallest absolute Gasteiger partial charge is 0.00313 e. The monoisotopic (exact) mass is 300 g/mol. The van der Waals surface area contributed by atoms with E-state index in [4.69, 9.17) is 0 Å². The topological polar surface area (TPSA) is 0 Å². The summed E-state index contributed by atoms with van der Waals surface area (Å²) in [5.41, 5.74) is 0. The van der Waals surface area contributed by atoms with Crippen LogP contribution in [0.25, 0.3) is 0 Å². The lowest BCUT2D eigenvalue weighted by Gasteiger charge is -2.10. The van der Waals surface area contributed by atoms with E-state index in [1.54, 1.807) is 0 Å². The van der Waals surface area contributed by atoms with Crippen molar-refractivity contribution in [2.45, 2.75) is 52.4 Å². The number of alkyl halides is 1. The van der Waals surface area contributed by atoms with Crippen LogP contribution in [0.2, 0.25) is 0 Å². The highest BCUT2D eigenvalue weighted by molar-refractivity contribution is 9.09. The zero-order chi connectivity index (χ0) is 8.53. The van der Waals surface area contributed by atoms with Crippen molar-refractivity contribution >= 4 is 32.9 Å². The Morgan fingerprint density at radius 2 is 1.58 bits per heavy atom. The largest absolute Gasteiger partial charge is 0.114 e. The second-order valence-electron chi connectivity index (χ2n) is 3.22. The van der Waals surface area contributed by atoms with Gasteiger partial charge in [-0.15, -0.1) is 17.0 Å². The Morgan fingerprint density at radius 1 is 1.00 bits per heavy atom. The maximum atomic E-state index is 3.45. The minimum absolute atomic E-state index is 0. The maximum Gasteiger partial charge on any atom is 0.00313 e. The van der Waals surface area contributed by atoms with Gasteiger partial charge in [0.25, 0.3) is 0 Å². The van der Waals surface area contributed by atoms with Crippen molar-refractivity contribution in [3.05, 3.63) is 0 Å². The van der Waals surface area contributed by atoms with E-state index in [2.05, 4.69) is 29.8 Å². The first kappa shape index (κ1) is 15.4. The molecule has 0 heterocycles. The second kappa shape index (κ2) is 12.0. The SMILES string of the molecule is Br.CCC(CC)CCCCCBr. The highest BCUT2D eigenvalue weighted by Crippen LogP contribution is 2.16. The Labute approximate surface area is 96.4 Å². The Balaban J connectivity index is 0. The van der Waals surface area contributed by atoms with Crippen LogP contribution in [0, 0.1) is 5.92 Å². The van der Waals surface area contributed by atoms with Crippen LogP contribution in [-0.2, 0) is 0 Å². The molecule has 2 heteroatoms. The van der Waals surface area contributed by atoms with E-state index >= 15 is 0 Å². The van der Waals surface area contributed by atoms with Crippen LogP contribution in [-0.4, -0.2) is 5.33 Å². The number of hydrogen-bond donors (Lipinski definition) is 0. The molecule has 0 aliphatic rings. The molecule has 0 N–H and O–H groups in total. The molecule has 0 atom stereocenters. The first-order valence-electron chi connectivity index (χ1n) is 4.91. The lowest BCUT2D eigenvalue weighted by molar-refractivity contribution is 0.433. The van der Waals surface area contributed by atoms with Gasteiger partial charge in [0.2, 0.25) is 0 Å². The van der Waals surface area contributed by atoms with Gasteiger partial charge in [-0.2, -0.15) is 0 Å². The van der Waals surface area contributed by atoms with Crippen LogP contribution in [0.4, 0.5) is 0 Å². The molecule has 0 saturated carbocycles. The minimum atomic E-state index is 0. The van der Waals surface area contributed by atoms with Gasteiger partial charge in [-0.05, 0) is 12.3 Å². The molecular weight excluding hydrogens is 280 g/mol. The number of hydrogen-bond acceptors (Lipinski definition) is 0. The molecule has 0 nitrogen and oxygen atoms in total. The van der Waals surface area contributed by atoms with E-state index in [-0.39, 0.29) is 17.0 Å². The first-order chi connectivity index (χ1) is 5.35. The van der Waals surface area contributed by atoms with Gasteiger partial charge in [-0.1, -0.05) is 61.9 Å². The molecule has 0 radical (unpaired) electrons. The third kappa shape index (κ3) is 9.05. The molecule has 0 aromatic heterocycles. The Hall–Kier alpha value is 0.960. The lowest BCUT2D eigenvalue weighted by atomic mass is 9.96. The predicted octanol–water partition coefficient (Wildman–Crippen LogP) is 4.96. The predicted molar refractivity (Wildman–Crippen MR) is 66.7 cm³/mol. The molecule has 0 aromatic rings. The van der Waals surface area contributed by atoms with Crippen LogP contribution in [0.15, 0.2) is 0 Å². The summed E-state index contributed by atoms with van der Waals surface area (Å²) >= 11 is 3.45. The van der Waals surface area contributed by atoms with Gasteiger partial charge in [-0.3, -0.25) is 0 Å². The first-order valence-corrected chi connectivity index (χ1v) is 6.03. The normalized spacial score (nSPS) is 10.0. The molecule has 0 aromatic carbocycles. The Kier molecular flexibility index (Phi) is 15.4. The molecule has 0 unspecified atom stereocenters. The van der Waals surface area contributed by atoms with Crippen LogP contribution in [0.3, 0.4) is 0 Å². The standard InChI is InChI=1S/C10H21Br.BrH/c1-3-10(4-2)8-6-5-7-9-11;/h10H,3-9H2,1-2H3;1H. The number of unbranched alkanes of at least 4 members (excludes halogenated alkanes) is 2. The quantitative estimate of drug-likeness (QED) is 0.461. The van der Waals surface area contributed by atoms with Crippen molar-refractivity contribution in [2.24, 2.45) is 5.92 Å². The van der Waals surface area contributed by atoms with Gasteiger partial charge < -0.3 is 0 Å². The molecule has 12 heavy (non-hydrogen) atoms. The van der Waals surface area contributed by atoms with Gasteiger partial charge in [0.05, 0.1) is 0 Å². The van der Waals surface area contributed by atoms with Crippen molar-refractivity contribution in [1.82, 2.24) is 0 Å². The van der Waals surface area contributed by atoms with Gasteiger partial charge in [0.15, 0.2) is 0 Å². The summed E-state index contributed by atoms with van der Waals surface area (Å²) in [6.07, 6.45) is 8.36. The van der Waals surface area contributed by atoms with Crippen molar-refractivity contribution in [2.75, 3.05) is 5.33 Å². The third-order valence-corrected chi connectivity index (χ3v) is 2.96. The van der Waals surface area contributed by atoms with Crippen LogP contribution in [0.5, 0.6) is 0 Å². The summed E-state index contributed by atoms with van der Waals surface area (Å²) in [4.78, 5) is 0. The molecule has 0 rings (SSSR count). The van der Waals surface area contributed by atoms with Crippen molar-refractivity contribution in [1.29, 1.82) is 0 Å². The Morgan fingerprint density at radius 3 is 2.00 bits per heavy atom. The van der Waals surface area contributed by atoms with E-state index in [0.717, 1.165) is 5.92 Å². The fourth-order valence-corrected chi connectivity index (χ4v) is 1.80. The summed E-state index contributed by atoms with van der Waals surface area (Å²) in [7, 11) is 0. The molecular formula is C10H22Br2. The van der Waals surface area contributed by atoms with Crippen LogP contribution in [0.1, 0.15) is 52.4 Å². The molecule has 0 bridgehead atoms. The third-order valence-electron chi connectivity index (χ3n) is 2.40. The molecule has 0 saturated heterocycles. The molecule has 76 valence electrons. The summed E-state index contributed by atoms with van der Waals surface area (Å²) in [5, 5.41) is 1.18. The fourth-order valence-electron chi connectivity index (χ4n) is 1.40. The molecule has 0 amide bonds. The summed E-state index contributed by atoms with van der Waals surface area (Å²) in [6.45, 7) is 4.61. The Bertz CT molecular complexity index is 70.2. The lowest BCUT2D eigenvalue weighted by Crippen LogP contribution is -1.96. The van der Waals surface area contributed by atoms with Gasteiger partial charge >= 0.3 is 0 Å². The van der Waals surface area contributed by atoms with Crippen molar-refractivity contribution in [3.63, 3.8) is 0 Å². The van der Waals surface area contributed by atoms with Crippen LogP contribution < -0.4 is 0 Å². The molecule has 0 aliphatic carbocycles. The van der Waals surface area contributed by atoms with E-state index in [9.17, 15) is 0 Å². The van der Waals surface area contributed by atoms with Crippen LogP contribution >= 0.6 is 32.9 Å². The highest BCUT2D eigenvalue weighted by Gasteiger charge is 2.01. The van der Waals surface area contributed by atoms with E-state index in [1.165, 1.54) is 43.9 Å². The van der Waals surface area contributed by atoms with Gasteiger partial charge in [0, 0.05) is 5.33 Å². The zero-order valence-corrected chi connectivity index (χ0v) is 11.6. The maximum absolute atomic E-state index is 3.45. The van der Waals surface area contributed by atoms with E-state index in [1.807, 2.05) is 0 Å². The van der Waals surface area contributed by atoms with Gasteiger partial charge in [-0.25, -0.2) is 0 Å². The number of rotatable bonds is 7. The van der Waals surface area contributed by atoms with Gasteiger partial charge in [0.1, 0.15) is 0 Å². The molecule has 0 fully saturated rings. The number of halogens is 2. The van der Waals surface area contributed by atoms with E-state index in [0.29, 0.717) is 0 Å². The second-order valence-corrected chi connectivity index (χ2v) is 4.01. The molecule has 0 aliphatic heterocycles. The highest BCUT2D eigenvalue weighted by atomic mass is 79.9. The summed E-state index contributed by atoms with van der Waals surface area (Å²) in [5.74, 6) is 0.991.